The summed E-state index contributed by atoms with van der Waals surface area (Å²) in [6.07, 6.45) is 0.0707. The Morgan fingerprint density at radius 2 is 2.22 bits per heavy atom. The number of carbonyl (C=O) groups excluding carboxylic acids is 2. The van der Waals surface area contributed by atoms with Crippen LogP contribution in [-0.4, -0.2) is 28.3 Å². The molecule has 0 aliphatic rings. The molecular weight excluding hydrogens is 316 g/mol. The summed E-state index contributed by atoms with van der Waals surface area (Å²) in [6.45, 7) is 3.30. The molecule has 0 aliphatic carbocycles. The van der Waals surface area contributed by atoms with E-state index >= 15 is 0 Å². The second-order valence-electron chi connectivity index (χ2n) is 4.93. The number of thiophene rings is 1. The summed E-state index contributed by atoms with van der Waals surface area (Å²) in [5, 5.41) is 17.8. The van der Waals surface area contributed by atoms with Gasteiger partial charge in [0.1, 0.15) is 11.1 Å². The maximum Gasteiger partial charge on any atom is 0.310 e. The maximum atomic E-state index is 11.9. The summed E-state index contributed by atoms with van der Waals surface area (Å²) in [5.41, 5.74) is 2.85. The molecule has 23 heavy (non-hydrogen) atoms. The topological polar surface area (TPSA) is 97.0 Å². The first-order valence-electron chi connectivity index (χ1n) is 6.84. The molecule has 0 saturated heterocycles. The average Bonchev–Trinajstić information content (AvgIpc) is 3.05. The van der Waals surface area contributed by atoms with Gasteiger partial charge in [0, 0.05) is 18.3 Å². The molecule has 120 valence electrons. The highest BCUT2D eigenvalue weighted by atomic mass is 32.1. The molecule has 1 N–H and O–H groups in total. The van der Waals surface area contributed by atoms with Crippen LogP contribution in [0, 0.1) is 25.2 Å². The van der Waals surface area contributed by atoms with Crippen LogP contribution in [0.4, 0.5) is 5.00 Å². The number of nitrogens with one attached hydrogen (secondary N) is 1. The first-order chi connectivity index (χ1) is 10.9. The number of rotatable bonds is 5. The Kier molecular flexibility index (Phi) is 5.13. The number of hydrogen-bond acceptors (Lipinski definition) is 6. The minimum Gasteiger partial charge on any atom is -0.455 e. The largest absolute Gasteiger partial charge is 0.455 e. The van der Waals surface area contributed by atoms with E-state index in [-0.39, 0.29) is 13.0 Å². The molecule has 0 radical (unpaired) electrons. The second-order valence-corrected chi connectivity index (χ2v) is 5.85. The molecule has 2 aromatic rings. The number of aromatic nitrogens is 2. The number of hydrogen-bond donors (Lipinski definition) is 1. The Morgan fingerprint density at radius 3 is 2.83 bits per heavy atom. The number of aryl methyl sites for hydroxylation is 2. The van der Waals surface area contributed by atoms with Gasteiger partial charge in [-0.25, -0.2) is 0 Å². The van der Waals surface area contributed by atoms with Crippen LogP contribution in [0.1, 0.15) is 22.5 Å². The van der Waals surface area contributed by atoms with Crippen molar-refractivity contribution >= 4 is 28.2 Å². The highest BCUT2D eigenvalue weighted by Crippen LogP contribution is 2.21. The third-order valence-electron chi connectivity index (χ3n) is 3.38. The van der Waals surface area contributed by atoms with Gasteiger partial charge in [-0.1, -0.05) is 0 Å². The van der Waals surface area contributed by atoms with E-state index < -0.39 is 11.9 Å². The van der Waals surface area contributed by atoms with Crippen molar-refractivity contribution in [1.82, 2.24) is 9.78 Å². The van der Waals surface area contributed by atoms with Gasteiger partial charge in [0.05, 0.1) is 17.7 Å². The summed E-state index contributed by atoms with van der Waals surface area (Å²) in [5.74, 6) is -0.969. The fraction of sp³-hybridized carbons (Fsp3) is 0.333. The number of nitrogens with zero attached hydrogens (tertiary/aromatic N) is 3. The molecule has 0 aromatic carbocycles. The van der Waals surface area contributed by atoms with Gasteiger partial charge in [-0.15, -0.1) is 11.3 Å². The van der Waals surface area contributed by atoms with E-state index in [9.17, 15) is 9.59 Å². The number of anilines is 1. The van der Waals surface area contributed by atoms with Crippen LogP contribution in [0.5, 0.6) is 0 Å². The third-order valence-corrected chi connectivity index (χ3v) is 4.21. The Morgan fingerprint density at radius 1 is 1.48 bits per heavy atom. The van der Waals surface area contributed by atoms with Gasteiger partial charge in [0.15, 0.2) is 6.61 Å². The molecule has 0 aliphatic heterocycles. The monoisotopic (exact) mass is 332 g/mol. The second kappa shape index (κ2) is 7.07. The van der Waals surface area contributed by atoms with Crippen LogP contribution in [0.25, 0.3) is 0 Å². The van der Waals surface area contributed by atoms with E-state index in [0.29, 0.717) is 10.6 Å². The van der Waals surface area contributed by atoms with Crippen molar-refractivity contribution < 1.29 is 14.3 Å². The number of amides is 1. The van der Waals surface area contributed by atoms with Gasteiger partial charge >= 0.3 is 5.97 Å². The molecule has 2 heterocycles. The lowest BCUT2D eigenvalue weighted by Gasteiger charge is -2.06. The molecule has 0 atom stereocenters. The van der Waals surface area contributed by atoms with Crippen molar-refractivity contribution in [2.24, 2.45) is 7.05 Å². The van der Waals surface area contributed by atoms with Crippen LogP contribution in [0.2, 0.25) is 0 Å². The van der Waals surface area contributed by atoms with Crippen LogP contribution in [0.3, 0.4) is 0 Å². The normalized spacial score (nSPS) is 10.2. The third kappa shape index (κ3) is 3.96. The molecule has 7 nitrogen and oxygen atoms in total. The van der Waals surface area contributed by atoms with Crippen LogP contribution in [-0.2, 0) is 27.8 Å². The molecule has 2 aromatic heterocycles. The summed E-state index contributed by atoms with van der Waals surface area (Å²) in [6, 6.07) is 3.58. The van der Waals surface area contributed by atoms with Crippen molar-refractivity contribution in [3.05, 3.63) is 34.0 Å². The summed E-state index contributed by atoms with van der Waals surface area (Å²) < 4.78 is 6.68. The molecule has 8 heteroatoms. The summed E-state index contributed by atoms with van der Waals surface area (Å²) >= 11 is 1.24. The fourth-order valence-electron chi connectivity index (χ4n) is 2.07. The quantitative estimate of drug-likeness (QED) is 0.841. The zero-order chi connectivity index (χ0) is 17.0. The highest BCUT2D eigenvalue weighted by molar-refractivity contribution is 7.14. The predicted molar refractivity (Wildman–Crippen MR) is 85.0 cm³/mol. The van der Waals surface area contributed by atoms with Crippen molar-refractivity contribution in [3.8, 4) is 6.07 Å². The Bertz CT molecular complexity index is 785. The van der Waals surface area contributed by atoms with Crippen molar-refractivity contribution in [1.29, 1.82) is 5.26 Å². The smallest absolute Gasteiger partial charge is 0.310 e. The summed E-state index contributed by atoms with van der Waals surface area (Å²) in [7, 11) is 1.80. The lowest BCUT2D eigenvalue weighted by Crippen LogP contribution is -2.21. The van der Waals surface area contributed by atoms with Gasteiger partial charge in [-0.05, 0) is 25.3 Å². The molecule has 0 spiro atoms. The molecule has 2 rings (SSSR count). The Labute approximate surface area is 137 Å². The molecule has 0 bridgehead atoms. The van der Waals surface area contributed by atoms with E-state index in [2.05, 4.69) is 10.4 Å². The van der Waals surface area contributed by atoms with Crippen molar-refractivity contribution in [2.75, 3.05) is 11.9 Å². The van der Waals surface area contributed by atoms with Gasteiger partial charge in [-0.2, -0.15) is 10.4 Å². The zero-order valence-corrected chi connectivity index (χ0v) is 13.9. The van der Waals surface area contributed by atoms with Crippen LogP contribution < -0.4 is 5.32 Å². The molecule has 0 unspecified atom stereocenters. The molecular formula is C15H16N4O3S. The first-order valence-corrected chi connectivity index (χ1v) is 7.72. The minimum absolute atomic E-state index is 0.0707. The lowest BCUT2D eigenvalue weighted by molar-refractivity contribution is -0.146. The van der Waals surface area contributed by atoms with E-state index in [1.807, 2.05) is 19.9 Å². The van der Waals surface area contributed by atoms with Gasteiger partial charge < -0.3 is 10.1 Å². The first kappa shape index (κ1) is 16.7. The number of carbonyl (C=O) groups is 2. The van der Waals surface area contributed by atoms with E-state index in [1.165, 1.54) is 11.3 Å². The number of nitriles is 1. The highest BCUT2D eigenvalue weighted by Gasteiger charge is 2.16. The Balaban J connectivity index is 1.87. The van der Waals surface area contributed by atoms with Crippen molar-refractivity contribution in [2.45, 2.75) is 20.3 Å². The van der Waals surface area contributed by atoms with Gasteiger partial charge in [0.2, 0.25) is 0 Å². The molecule has 0 saturated carbocycles. The van der Waals surface area contributed by atoms with E-state index in [4.69, 9.17) is 10.00 Å². The van der Waals surface area contributed by atoms with Gasteiger partial charge in [-0.3, -0.25) is 14.3 Å². The van der Waals surface area contributed by atoms with Crippen LogP contribution >= 0.6 is 11.3 Å². The van der Waals surface area contributed by atoms with E-state index in [1.54, 1.807) is 23.2 Å². The zero-order valence-electron chi connectivity index (χ0n) is 13.0. The number of esters is 1. The minimum atomic E-state index is -0.494. The van der Waals surface area contributed by atoms with E-state index in [0.717, 1.165) is 17.0 Å². The maximum absolute atomic E-state index is 11.9. The predicted octanol–water partition coefficient (Wildman–Crippen LogP) is 1.69. The summed E-state index contributed by atoms with van der Waals surface area (Å²) in [4.78, 5) is 23.6. The van der Waals surface area contributed by atoms with Crippen molar-refractivity contribution in [3.63, 3.8) is 0 Å². The molecule has 1 amide bonds. The van der Waals surface area contributed by atoms with Crippen LogP contribution in [0.15, 0.2) is 11.4 Å². The number of ether oxygens (including phenoxy) is 1. The molecule has 0 fully saturated rings. The lowest BCUT2D eigenvalue weighted by atomic mass is 10.1. The van der Waals surface area contributed by atoms with Gasteiger partial charge in [0.25, 0.3) is 5.91 Å². The average molecular weight is 332 g/mol. The SMILES string of the molecule is Cc1nn(C)c(C)c1CC(=O)OCC(=O)Nc1sccc1C#N. The fourth-order valence-corrected chi connectivity index (χ4v) is 2.83. The Hall–Kier alpha value is -2.66. The standard InChI is InChI=1S/C15H16N4O3S/c1-9-12(10(2)19(3)18-9)6-14(21)22-8-13(20)17-15-11(7-16)4-5-23-15/h4-5H,6,8H2,1-3H3,(H,17,20).